The van der Waals surface area contributed by atoms with E-state index in [9.17, 15) is 4.79 Å². The Morgan fingerprint density at radius 1 is 1.00 bits per heavy atom. The average molecular weight is 389 g/mol. The average Bonchev–Trinajstić information content (AvgIpc) is 2.65. The molecule has 0 N–H and O–H groups in total. The summed E-state index contributed by atoms with van der Waals surface area (Å²) in [7, 11) is 0. The zero-order valence-electron chi connectivity index (χ0n) is 15.0. The van der Waals surface area contributed by atoms with Crippen molar-refractivity contribution in [3.63, 3.8) is 0 Å². The maximum atomic E-state index is 12.4. The van der Waals surface area contributed by atoms with Crippen LogP contribution in [0, 0.1) is 13.8 Å². The molecule has 26 heavy (non-hydrogen) atoms. The van der Waals surface area contributed by atoms with E-state index in [-0.39, 0.29) is 5.91 Å². The van der Waals surface area contributed by atoms with Crippen LogP contribution in [0.1, 0.15) is 16.7 Å². The van der Waals surface area contributed by atoms with Gasteiger partial charge in [0.05, 0.1) is 10.0 Å². The van der Waals surface area contributed by atoms with Gasteiger partial charge in [-0.25, -0.2) is 0 Å². The molecule has 0 atom stereocenters. The van der Waals surface area contributed by atoms with Gasteiger partial charge in [-0.3, -0.25) is 4.79 Å². The molecule has 0 aliphatic carbocycles. The van der Waals surface area contributed by atoms with Crippen LogP contribution in [0.25, 0.3) is 6.08 Å². The van der Waals surface area contributed by atoms with Crippen LogP contribution in [0.15, 0.2) is 42.5 Å². The number of aryl methyl sites for hydroxylation is 1. The summed E-state index contributed by atoms with van der Waals surface area (Å²) >= 11 is 11.9. The van der Waals surface area contributed by atoms with Crippen molar-refractivity contribution in [3.8, 4) is 0 Å². The van der Waals surface area contributed by atoms with Crippen molar-refractivity contribution in [1.82, 2.24) is 4.90 Å². The van der Waals surface area contributed by atoms with E-state index in [0.717, 1.165) is 31.7 Å². The highest BCUT2D eigenvalue weighted by Crippen LogP contribution is 2.25. The highest BCUT2D eigenvalue weighted by Gasteiger charge is 2.21. The second-order valence-corrected chi connectivity index (χ2v) is 7.35. The Bertz CT molecular complexity index is 840. The molecular weight excluding hydrogens is 367 g/mol. The van der Waals surface area contributed by atoms with E-state index in [1.165, 1.54) is 16.8 Å². The van der Waals surface area contributed by atoms with Crippen molar-refractivity contribution in [2.75, 3.05) is 31.1 Å². The summed E-state index contributed by atoms with van der Waals surface area (Å²) in [5.41, 5.74) is 4.74. The first-order valence-corrected chi connectivity index (χ1v) is 9.44. The van der Waals surface area contributed by atoms with E-state index >= 15 is 0 Å². The molecule has 0 aromatic heterocycles. The number of benzene rings is 2. The van der Waals surface area contributed by atoms with Crippen molar-refractivity contribution in [3.05, 3.63) is 69.2 Å². The summed E-state index contributed by atoms with van der Waals surface area (Å²) in [4.78, 5) is 16.7. The molecule has 0 saturated carbocycles. The predicted molar refractivity (Wildman–Crippen MR) is 110 cm³/mol. The number of hydrogen-bond donors (Lipinski definition) is 0. The van der Waals surface area contributed by atoms with Gasteiger partial charge in [0, 0.05) is 37.9 Å². The molecule has 0 bridgehead atoms. The summed E-state index contributed by atoms with van der Waals surface area (Å²) in [6.45, 7) is 7.41. The minimum absolute atomic E-state index is 0.0247. The molecule has 1 heterocycles. The third kappa shape index (κ3) is 4.22. The number of carbonyl (C=O) groups excluding carboxylic acids is 1. The van der Waals surface area contributed by atoms with Gasteiger partial charge < -0.3 is 9.80 Å². The van der Waals surface area contributed by atoms with E-state index in [4.69, 9.17) is 23.2 Å². The Morgan fingerprint density at radius 2 is 1.73 bits per heavy atom. The normalized spacial score (nSPS) is 14.9. The lowest BCUT2D eigenvalue weighted by molar-refractivity contribution is -0.126. The lowest BCUT2D eigenvalue weighted by atomic mass is 10.1. The number of anilines is 1. The fourth-order valence-corrected chi connectivity index (χ4v) is 3.44. The van der Waals surface area contributed by atoms with Crippen molar-refractivity contribution in [2.45, 2.75) is 13.8 Å². The molecule has 2 aromatic rings. The molecule has 1 saturated heterocycles. The second kappa shape index (κ2) is 8.15. The van der Waals surface area contributed by atoms with Crippen LogP contribution in [0.3, 0.4) is 0 Å². The van der Waals surface area contributed by atoms with Gasteiger partial charge in [0.25, 0.3) is 0 Å². The third-order valence-electron chi connectivity index (χ3n) is 4.87. The number of hydrogen-bond acceptors (Lipinski definition) is 2. The number of carbonyl (C=O) groups is 1. The first-order chi connectivity index (χ1) is 12.5. The lowest BCUT2D eigenvalue weighted by Crippen LogP contribution is -2.48. The van der Waals surface area contributed by atoms with Crippen LogP contribution < -0.4 is 4.90 Å². The minimum atomic E-state index is 0.0247. The molecular formula is C21H22Cl2N2O. The summed E-state index contributed by atoms with van der Waals surface area (Å²) < 4.78 is 0. The standard InChI is InChI=1S/C21H22Cl2N2O/c1-15-4-3-5-20(16(15)2)24-10-12-25(13-11-24)21(26)9-7-17-6-8-18(22)19(23)14-17/h3-9,14H,10-13H2,1-2H3. The Kier molecular flexibility index (Phi) is 5.90. The van der Waals surface area contributed by atoms with Gasteiger partial charge in [-0.2, -0.15) is 0 Å². The quantitative estimate of drug-likeness (QED) is 0.692. The number of amides is 1. The van der Waals surface area contributed by atoms with Gasteiger partial charge in [-0.15, -0.1) is 0 Å². The molecule has 2 aromatic carbocycles. The van der Waals surface area contributed by atoms with Crippen molar-refractivity contribution in [2.24, 2.45) is 0 Å². The van der Waals surface area contributed by atoms with Crippen LogP contribution in [-0.2, 0) is 4.79 Å². The van der Waals surface area contributed by atoms with Crippen molar-refractivity contribution in [1.29, 1.82) is 0 Å². The van der Waals surface area contributed by atoms with Gasteiger partial charge in [-0.1, -0.05) is 41.4 Å². The largest absolute Gasteiger partial charge is 0.368 e. The fraction of sp³-hybridized carbons (Fsp3) is 0.286. The third-order valence-corrected chi connectivity index (χ3v) is 5.61. The van der Waals surface area contributed by atoms with E-state index in [1.807, 2.05) is 11.0 Å². The minimum Gasteiger partial charge on any atom is -0.368 e. The lowest BCUT2D eigenvalue weighted by Gasteiger charge is -2.36. The second-order valence-electron chi connectivity index (χ2n) is 6.54. The predicted octanol–water partition coefficient (Wildman–Crippen LogP) is 4.97. The van der Waals surface area contributed by atoms with Gasteiger partial charge >= 0.3 is 0 Å². The highest BCUT2D eigenvalue weighted by atomic mass is 35.5. The fourth-order valence-electron chi connectivity index (χ4n) is 3.13. The van der Waals surface area contributed by atoms with Crippen LogP contribution in [0.2, 0.25) is 10.0 Å². The SMILES string of the molecule is Cc1cccc(N2CCN(C(=O)C=Cc3ccc(Cl)c(Cl)c3)CC2)c1C. The highest BCUT2D eigenvalue weighted by molar-refractivity contribution is 6.42. The molecule has 1 aliphatic rings. The monoisotopic (exact) mass is 388 g/mol. The van der Waals surface area contributed by atoms with E-state index in [1.54, 1.807) is 24.3 Å². The van der Waals surface area contributed by atoms with Crippen LogP contribution in [0.4, 0.5) is 5.69 Å². The molecule has 136 valence electrons. The molecule has 0 spiro atoms. The van der Waals surface area contributed by atoms with E-state index in [0.29, 0.717) is 10.0 Å². The van der Waals surface area contributed by atoms with E-state index < -0.39 is 0 Å². The Labute approximate surface area is 164 Å². The Morgan fingerprint density at radius 3 is 2.42 bits per heavy atom. The molecule has 3 rings (SSSR count). The molecule has 1 amide bonds. The number of rotatable bonds is 3. The number of halogens is 2. The maximum absolute atomic E-state index is 12.4. The molecule has 3 nitrogen and oxygen atoms in total. The Hall–Kier alpha value is -1.97. The molecule has 0 radical (unpaired) electrons. The number of piperazine rings is 1. The topological polar surface area (TPSA) is 23.6 Å². The maximum Gasteiger partial charge on any atom is 0.246 e. The molecule has 1 aliphatic heterocycles. The zero-order valence-corrected chi connectivity index (χ0v) is 16.5. The van der Waals surface area contributed by atoms with Gasteiger partial charge in [0.2, 0.25) is 5.91 Å². The summed E-state index contributed by atoms with van der Waals surface area (Å²) in [6, 6.07) is 11.7. The molecule has 5 heteroatoms. The van der Waals surface area contributed by atoms with Crippen molar-refractivity contribution >= 4 is 40.9 Å². The first kappa shape index (κ1) is 18.8. The number of nitrogens with zero attached hydrogens (tertiary/aromatic N) is 2. The van der Waals surface area contributed by atoms with Crippen LogP contribution in [0.5, 0.6) is 0 Å². The molecule has 0 unspecified atom stereocenters. The summed E-state index contributed by atoms with van der Waals surface area (Å²) in [5.74, 6) is 0.0247. The smallest absolute Gasteiger partial charge is 0.246 e. The van der Waals surface area contributed by atoms with Gasteiger partial charge in [-0.05, 0) is 54.8 Å². The zero-order chi connectivity index (χ0) is 18.7. The van der Waals surface area contributed by atoms with Gasteiger partial charge in [0.15, 0.2) is 0 Å². The van der Waals surface area contributed by atoms with Crippen molar-refractivity contribution < 1.29 is 4.79 Å². The van der Waals surface area contributed by atoms with Crippen LogP contribution >= 0.6 is 23.2 Å². The summed E-state index contributed by atoms with van der Waals surface area (Å²) in [5, 5.41) is 1.00. The van der Waals surface area contributed by atoms with E-state index in [2.05, 4.69) is 36.9 Å². The first-order valence-electron chi connectivity index (χ1n) is 8.69. The summed E-state index contributed by atoms with van der Waals surface area (Å²) in [6.07, 6.45) is 3.38. The molecule has 1 fully saturated rings. The van der Waals surface area contributed by atoms with Gasteiger partial charge in [0.1, 0.15) is 0 Å². The Balaban J connectivity index is 1.60. The van der Waals surface area contributed by atoms with Crippen LogP contribution in [-0.4, -0.2) is 37.0 Å².